The Hall–Kier alpha value is -1.44. The lowest BCUT2D eigenvalue weighted by molar-refractivity contribution is -0.0459. The van der Waals surface area contributed by atoms with Gasteiger partial charge in [0.2, 0.25) is 0 Å². The number of hydrogen-bond donors (Lipinski definition) is 3. The number of H-pyrrole nitrogens is 1. The molecule has 1 aliphatic rings. The first-order valence-corrected chi connectivity index (χ1v) is 4.61. The Morgan fingerprint density at radius 1 is 1.75 bits per heavy atom. The maximum absolute atomic E-state index is 11.6. The summed E-state index contributed by atoms with van der Waals surface area (Å²) in [5.74, 6) is 0. The number of aromatic amines is 1. The molecule has 0 aliphatic carbocycles. The van der Waals surface area contributed by atoms with Crippen molar-refractivity contribution < 1.29 is 17.7 Å². The summed E-state index contributed by atoms with van der Waals surface area (Å²) in [6.07, 6.45) is -5.18. The molecule has 0 aromatic carbocycles. The monoisotopic (exact) mass is 230 g/mol. The zero-order chi connectivity index (χ0) is 13.5. The van der Waals surface area contributed by atoms with Crippen LogP contribution >= 0.6 is 0 Å². The first-order chi connectivity index (χ1) is 8.40. The molecule has 1 aromatic rings. The normalized spacial score (nSPS) is 40.5. The Morgan fingerprint density at radius 2 is 2.50 bits per heavy atom. The Balaban J connectivity index is 2.49. The highest BCUT2D eigenvalue weighted by Crippen LogP contribution is 2.26. The minimum absolute atomic E-state index is 0.574. The predicted molar refractivity (Wildman–Crippen MR) is 52.9 cm³/mol. The van der Waals surface area contributed by atoms with E-state index in [9.17, 15) is 14.7 Å². The fraction of sp³-hybridized carbons (Fsp3) is 0.556. The van der Waals surface area contributed by atoms with Crippen molar-refractivity contribution in [2.24, 2.45) is 0 Å². The lowest BCUT2D eigenvalue weighted by Crippen LogP contribution is -2.31. The van der Waals surface area contributed by atoms with Gasteiger partial charge in [0.1, 0.15) is 12.3 Å². The molecule has 16 heavy (non-hydrogen) atoms. The summed E-state index contributed by atoms with van der Waals surface area (Å²) in [5.41, 5.74) is -1.56. The molecule has 0 unspecified atom stereocenters. The number of ether oxygens (including phenoxy) is 1. The second-order valence-electron chi connectivity index (χ2n) is 3.31. The molecule has 7 heteroatoms. The van der Waals surface area contributed by atoms with Crippen LogP contribution in [0.15, 0.2) is 21.9 Å². The molecule has 7 nitrogen and oxygen atoms in total. The van der Waals surface area contributed by atoms with Crippen LogP contribution in [0.25, 0.3) is 0 Å². The molecule has 0 saturated carbocycles. The van der Waals surface area contributed by atoms with E-state index < -0.39 is 42.7 Å². The van der Waals surface area contributed by atoms with E-state index in [1.807, 2.05) is 4.98 Å². The minimum atomic E-state index is -2.19. The highest BCUT2D eigenvalue weighted by molar-refractivity contribution is 4.88. The predicted octanol–water partition coefficient (Wildman–Crippen LogP) is -1.82. The SMILES string of the molecule is [2H][C@@H]1[C@H](O)[C@@H](CO)O[C@@]1([2H])n1ccc(=O)[nH]c1=O. The third kappa shape index (κ3) is 1.92. The van der Waals surface area contributed by atoms with Gasteiger partial charge in [-0.15, -0.1) is 0 Å². The Labute approximate surface area is 92.7 Å². The number of hydrogen-bond acceptors (Lipinski definition) is 5. The van der Waals surface area contributed by atoms with Gasteiger partial charge < -0.3 is 14.9 Å². The first kappa shape index (κ1) is 8.68. The fourth-order valence-corrected chi connectivity index (χ4v) is 1.39. The number of nitrogens with one attached hydrogen (secondary N) is 1. The quantitative estimate of drug-likeness (QED) is 0.554. The number of rotatable bonds is 2. The molecule has 1 fully saturated rings. The molecule has 0 amide bonds. The van der Waals surface area contributed by atoms with E-state index in [1.54, 1.807) is 0 Å². The van der Waals surface area contributed by atoms with Crippen LogP contribution in [0.1, 0.15) is 15.3 Å². The largest absolute Gasteiger partial charge is 0.394 e. The second-order valence-corrected chi connectivity index (χ2v) is 3.31. The van der Waals surface area contributed by atoms with E-state index in [4.69, 9.17) is 12.6 Å². The molecule has 2 rings (SSSR count). The minimum Gasteiger partial charge on any atom is -0.394 e. The smallest absolute Gasteiger partial charge is 0.330 e. The van der Waals surface area contributed by atoms with E-state index in [0.29, 0.717) is 4.57 Å². The summed E-state index contributed by atoms with van der Waals surface area (Å²) < 4.78 is 21.4. The standard InChI is InChI=1S/C9H12N2O5/c12-4-6-5(13)3-8(16-6)11-2-1-7(14)10-9(11)15/h1-2,5-6,8,12-13H,3-4H2,(H,10,14,15)/t5-,6+,8+/m0/s1/i3D,8D/t3-,5+,6-,8-/m1. The number of aliphatic hydroxyl groups is 2. The van der Waals surface area contributed by atoms with E-state index in [-0.39, 0.29) is 0 Å². The topological polar surface area (TPSA) is 105 Å². The van der Waals surface area contributed by atoms with Crippen molar-refractivity contribution in [3.05, 3.63) is 33.1 Å². The van der Waals surface area contributed by atoms with E-state index in [0.717, 1.165) is 12.3 Å². The van der Waals surface area contributed by atoms with Gasteiger partial charge >= 0.3 is 5.69 Å². The molecule has 0 spiro atoms. The summed E-state index contributed by atoms with van der Waals surface area (Å²) in [6.45, 7) is -0.574. The highest BCUT2D eigenvalue weighted by atomic mass is 16.5. The molecule has 1 saturated heterocycles. The third-order valence-electron chi connectivity index (χ3n) is 2.21. The molecule has 1 aliphatic heterocycles. The summed E-state index contributed by atoms with van der Waals surface area (Å²) in [5, 5.41) is 18.6. The summed E-state index contributed by atoms with van der Waals surface area (Å²) in [6, 6.07) is 1.01. The van der Waals surface area contributed by atoms with Crippen molar-refractivity contribution in [3.8, 4) is 0 Å². The lowest BCUT2D eigenvalue weighted by atomic mass is 10.2. The summed E-state index contributed by atoms with van der Waals surface area (Å²) >= 11 is 0. The second kappa shape index (κ2) is 4.20. The van der Waals surface area contributed by atoms with Crippen molar-refractivity contribution in [1.29, 1.82) is 0 Å². The zero-order valence-corrected chi connectivity index (χ0v) is 8.16. The zero-order valence-electron chi connectivity index (χ0n) is 10.2. The average molecular weight is 230 g/mol. The van der Waals surface area contributed by atoms with Crippen molar-refractivity contribution >= 4 is 0 Å². The average Bonchev–Trinajstić information content (AvgIpc) is 2.54. The first-order valence-electron chi connectivity index (χ1n) is 5.69. The van der Waals surface area contributed by atoms with Crippen LogP contribution in [0, 0.1) is 0 Å². The molecular formula is C9H12N2O5. The number of aliphatic hydroxyl groups excluding tert-OH is 2. The van der Waals surface area contributed by atoms with Crippen molar-refractivity contribution in [3.63, 3.8) is 0 Å². The summed E-state index contributed by atoms with van der Waals surface area (Å²) in [4.78, 5) is 24.4. The Bertz CT molecular complexity index is 558. The Kier molecular flexibility index (Phi) is 2.28. The van der Waals surface area contributed by atoms with Crippen LogP contribution in [0.5, 0.6) is 0 Å². The van der Waals surface area contributed by atoms with Gasteiger partial charge in [0, 0.05) is 20.0 Å². The van der Waals surface area contributed by atoms with E-state index in [2.05, 4.69) is 0 Å². The van der Waals surface area contributed by atoms with E-state index >= 15 is 0 Å². The van der Waals surface area contributed by atoms with Gasteiger partial charge in [-0.3, -0.25) is 14.3 Å². The molecule has 4 atom stereocenters. The molecule has 2 heterocycles. The third-order valence-corrected chi connectivity index (χ3v) is 2.21. The van der Waals surface area contributed by atoms with Crippen molar-refractivity contribution in [1.82, 2.24) is 9.55 Å². The van der Waals surface area contributed by atoms with Crippen LogP contribution in [0.4, 0.5) is 0 Å². The van der Waals surface area contributed by atoms with Crippen molar-refractivity contribution in [2.75, 3.05) is 6.61 Å². The summed E-state index contributed by atoms with van der Waals surface area (Å²) in [7, 11) is 0. The van der Waals surface area contributed by atoms with Gasteiger partial charge in [0.25, 0.3) is 5.56 Å². The van der Waals surface area contributed by atoms with Crippen LogP contribution in [-0.4, -0.2) is 38.6 Å². The molecule has 1 aromatic heterocycles. The van der Waals surface area contributed by atoms with Gasteiger partial charge in [-0.05, 0) is 0 Å². The van der Waals surface area contributed by atoms with Gasteiger partial charge in [-0.2, -0.15) is 0 Å². The van der Waals surface area contributed by atoms with Gasteiger partial charge in [0.05, 0.1) is 14.1 Å². The number of aromatic nitrogens is 2. The van der Waals surface area contributed by atoms with E-state index in [1.165, 1.54) is 0 Å². The maximum Gasteiger partial charge on any atom is 0.330 e. The van der Waals surface area contributed by atoms with Gasteiger partial charge in [-0.1, -0.05) is 0 Å². The van der Waals surface area contributed by atoms with Crippen LogP contribution in [0.3, 0.4) is 0 Å². The van der Waals surface area contributed by atoms with Gasteiger partial charge in [-0.25, -0.2) is 4.79 Å². The van der Waals surface area contributed by atoms with Crippen LogP contribution < -0.4 is 11.2 Å². The molecular weight excluding hydrogens is 216 g/mol. The van der Waals surface area contributed by atoms with Crippen LogP contribution in [-0.2, 0) is 4.74 Å². The molecule has 3 N–H and O–H groups in total. The highest BCUT2D eigenvalue weighted by Gasteiger charge is 2.34. The molecule has 0 bridgehead atoms. The fourth-order valence-electron chi connectivity index (χ4n) is 1.39. The van der Waals surface area contributed by atoms with Gasteiger partial charge in [0.15, 0.2) is 0 Å². The molecule has 0 radical (unpaired) electrons. The van der Waals surface area contributed by atoms with Crippen LogP contribution in [0.2, 0.25) is 0 Å². The Morgan fingerprint density at radius 3 is 3.06 bits per heavy atom. The maximum atomic E-state index is 11.6. The van der Waals surface area contributed by atoms with Crippen molar-refractivity contribution in [2.45, 2.75) is 24.8 Å². The number of nitrogens with zero attached hydrogens (tertiary/aromatic N) is 1. The lowest BCUT2D eigenvalue weighted by Gasteiger charge is -2.13. The molecule has 88 valence electrons.